The first kappa shape index (κ1) is 41.7. The average molecular weight is 794 g/mol. The lowest BCUT2D eigenvalue weighted by atomic mass is 9.82. The van der Waals surface area contributed by atoms with Gasteiger partial charge in [0.05, 0.1) is 27.6 Å². The first-order valence-electron chi connectivity index (χ1n) is 18.9. The molecule has 0 unspecified atom stereocenters. The molecule has 5 aliphatic rings. The molecule has 2 saturated carbocycles. The van der Waals surface area contributed by atoms with Crippen LogP contribution in [-0.2, 0) is 29.1 Å². The van der Waals surface area contributed by atoms with E-state index < -0.39 is 79.2 Å². The van der Waals surface area contributed by atoms with Crippen LogP contribution in [-0.4, -0.2) is 99.7 Å². The molecule has 54 heavy (non-hydrogen) atoms. The van der Waals surface area contributed by atoms with Crippen molar-refractivity contribution in [3.05, 3.63) is 34.5 Å². The Morgan fingerprint density at radius 1 is 1.09 bits per heavy atom. The zero-order valence-electron chi connectivity index (χ0n) is 32.6. The van der Waals surface area contributed by atoms with Crippen LogP contribution in [0.25, 0.3) is 0 Å². The average Bonchev–Trinajstić information content (AvgIpc) is 3.91. The minimum Gasteiger partial charge on any atom is -0.465 e. The molecule has 4 N–H and O–H groups in total. The van der Waals surface area contributed by atoms with Crippen molar-refractivity contribution in [2.45, 2.75) is 140 Å². The maximum Gasteiger partial charge on any atom is 0.412 e. The SMILES string of the molecule is CC1=CC(Cl)=C(N(C(=O)O)[C@@H]2C[C@H]3C(=O)N[C@]4(C(=O)NS(=O)(=O)C5(C)CC5)C[C@H]4/C=C\CC[C@H](C)C[C@@H](C)CCN3C2)[C@](C)(NC(=O)OC(C)(C)C)C1=O. The van der Waals surface area contributed by atoms with Gasteiger partial charge in [0.1, 0.15) is 16.7 Å². The molecular weight excluding hydrogens is 738 g/mol. The Bertz CT molecular complexity index is 1780. The largest absolute Gasteiger partial charge is 0.465 e. The van der Waals surface area contributed by atoms with Crippen molar-refractivity contribution >= 4 is 51.4 Å². The molecule has 0 aromatic rings. The summed E-state index contributed by atoms with van der Waals surface area (Å²) in [4.78, 5) is 71.3. The van der Waals surface area contributed by atoms with Crippen LogP contribution in [0.15, 0.2) is 34.5 Å². The third-order valence-electron chi connectivity index (χ3n) is 11.6. The number of carboxylic acid groups (broad SMARTS) is 1. The molecule has 0 aromatic carbocycles. The number of Topliss-reactive ketones (excluding diaryl/α,β-unsaturated/α-hetero) is 1. The zero-order chi connectivity index (χ0) is 40.2. The second-order valence-electron chi connectivity index (χ2n) is 17.6. The van der Waals surface area contributed by atoms with Crippen LogP contribution in [0.2, 0.25) is 0 Å². The van der Waals surface area contributed by atoms with Crippen LogP contribution in [0.3, 0.4) is 0 Å². The lowest BCUT2D eigenvalue weighted by molar-refractivity contribution is -0.132. The van der Waals surface area contributed by atoms with Crippen LogP contribution in [0, 0.1) is 17.8 Å². The number of carbonyl (C=O) groups excluding carboxylic acids is 4. The Labute approximate surface area is 323 Å². The topological polar surface area (TPSA) is 192 Å². The second-order valence-corrected chi connectivity index (χ2v) is 20.2. The number of nitrogens with zero attached hydrogens (tertiary/aromatic N) is 2. The second kappa shape index (κ2) is 14.9. The van der Waals surface area contributed by atoms with E-state index in [1.807, 2.05) is 17.1 Å². The molecule has 2 aliphatic heterocycles. The van der Waals surface area contributed by atoms with Gasteiger partial charge in [0.25, 0.3) is 5.91 Å². The molecule has 14 nitrogen and oxygen atoms in total. The van der Waals surface area contributed by atoms with E-state index >= 15 is 0 Å². The standard InChI is InChI=1S/C38H56ClN5O9S/c1-22-11-9-10-12-25-20-38(25,32(47)42-54(51,52)36(7)14-15-36)40-31(46)28-19-26(21-43(28)16-13-23(2)17-22)44(34(49)50)29-27(39)18-24(3)30(45)37(29,8)41-33(48)53-35(4,5)6/h10,12,18,22-23,25-26,28H,9,11,13-17,19-21H2,1-8H3,(H,40,46)(H,41,48)(H,42,47)(H,49,50)/b12-10-/t22-,23-,25+,26+,28-,37-,38+/m0/s1. The minimum atomic E-state index is -3.99. The van der Waals surface area contributed by atoms with Gasteiger partial charge in [-0.15, -0.1) is 0 Å². The summed E-state index contributed by atoms with van der Waals surface area (Å²) >= 11 is 6.78. The normalized spacial score (nSPS) is 33.8. The van der Waals surface area contributed by atoms with Gasteiger partial charge < -0.3 is 20.5 Å². The molecular formula is C38H56ClN5O9S. The van der Waals surface area contributed by atoms with E-state index in [4.69, 9.17) is 16.3 Å². The number of alkyl carbamates (subject to hydrolysis) is 1. The summed E-state index contributed by atoms with van der Waals surface area (Å²) < 4.78 is 33.0. The molecule has 1 saturated heterocycles. The lowest BCUT2D eigenvalue weighted by Crippen LogP contribution is -2.61. The van der Waals surface area contributed by atoms with E-state index in [9.17, 15) is 37.5 Å². The van der Waals surface area contributed by atoms with E-state index in [-0.39, 0.29) is 41.6 Å². The highest BCUT2D eigenvalue weighted by Crippen LogP contribution is 2.48. The van der Waals surface area contributed by atoms with Gasteiger partial charge in [-0.05, 0) is 123 Å². The number of amides is 4. The summed E-state index contributed by atoms with van der Waals surface area (Å²) in [5.74, 6) is -1.65. The summed E-state index contributed by atoms with van der Waals surface area (Å²) in [6.07, 6.45) is 7.23. The Kier molecular flexibility index (Phi) is 11.5. The molecule has 3 aliphatic carbocycles. The third kappa shape index (κ3) is 8.52. The monoisotopic (exact) mass is 793 g/mol. The molecule has 0 aromatic heterocycles. The Balaban J connectivity index is 1.50. The number of carbonyl (C=O) groups is 5. The van der Waals surface area contributed by atoms with Crippen molar-refractivity contribution in [1.82, 2.24) is 25.2 Å². The highest BCUT2D eigenvalue weighted by atomic mass is 35.5. The number of hydrogen-bond donors (Lipinski definition) is 4. The van der Waals surface area contributed by atoms with Crippen molar-refractivity contribution in [1.29, 1.82) is 0 Å². The van der Waals surface area contributed by atoms with Crippen molar-refractivity contribution in [3.63, 3.8) is 0 Å². The minimum absolute atomic E-state index is 0.0371. The van der Waals surface area contributed by atoms with Gasteiger partial charge in [-0.1, -0.05) is 37.6 Å². The Morgan fingerprint density at radius 3 is 2.35 bits per heavy atom. The van der Waals surface area contributed by atoms with Gasteiger partial charge in [0, 0.05) is 12.5 Å². The number of rotatable bonds is 6. The summed E-state index contributed by atoms with van der Waals surface area (Å²) in [5, 5.41) is 16.3. The van der Waals surface area contributed by atoms with Gasteiger partial charge in [-0.25, -0.2) is 18.0 Å². The van der Waals surface area contributed by atoms with Crippen LogP contribution in [0.5, 0.6) is 0 Å². The lowest BCUT2D eigenvalue weighted by Gasteiger charge is -2.41. The first-order valence-corrected chi connectivity index (χ1v) is 20.8. The smallest absolute Gasteiger partial charge is 0.412 e. The highest BCUT2D eigenvalue weighted by Gasteiger charge is 2.63. The molecule has 16 heteroatoms. The van der Waals surface area contributed by atoms with Gasteiger partial charge in [-0.3, -0.25) is 28.9 Å². The molecule has 0 bridgehead atoms. The van der Waals surface area contributed by atoms with Gasteiger partial charge in [0.2, 0.25) is 15.9 Å². The van der Waals surface area contributed by atoms with Gasteiger partial charge in [-0.2, -0.15) is 0 Å². The van der Waals surface area contributed by atoms with E-state index in [1.54, 1.807) is 27.7 Å². The van der Waals surface area contributed by atoms with Crippen LogP contribution in [0.1, 0.15) is 107 Å². The molecule has 5 rings (SSSR count). The van der Waals surface area contributed by atoms with E-state index in [0.29, 0.717) is 31.7 Å². The fourth-order valence-electron chi connectivity index (χ4n) is 8.08. The number of ketones is 1. The number of halogens is 1. The van der Waals surface area contributed by atoms with Gasteiger partial charge >= 0.3 is 12.2 Å². The van der Waals surface area contributed by atoms with Crippen LogP contribution < -0.4 is 15.4 Å². The zero-order valence-corrected chi connectivity index (χ0v) is 34.2. The number of ether oxygens (including phenoxy) is 1. The van der Waals surface area contributed by atoms with Crippen molar-refractivity contribution in [3.8, 4) is 0 Å². The maximum atomic E-state index is 14.4. The molecule has 0 radical (unpaired) electrons. The maximum absolute atomic E-state index is 14.4. The molecule has 3 fully saturated rings. The number of allylic oxidation sites excluding steroid dienone is 3. The van der Waals surface area contributed by atoms with E-state index in [0.717, 1.165) is 24.2 Å². The number of fused-ring (bicyclic) bond motifs is 2. The number of hydrogen-bond acceptors (Lipinski definition) is 9. The Hall–Kier alpha value is -3.43. The van der Waals surface area contributed by atoms with E-state index in [1.165, 1.54) is 19.9 Å². The molecule has 2 heterocycles. The fraction of sp³-hybridized carbons (Fsp3) is 0.711. The molecule has 300 valence electrons. The van der Waals surface area contributed by atoms with E-state index in [2.05, 4.69) is 29.2 Å². The number of nitrogens with one attached hydrogen (secondary N) is 3. The predicted octanol–water partition coefficient (Wildman–Crippen LogP) is 4.95. The summed E-state index contributed by atoms with van der Waals surface area (Å²) in [6, 6.07) is -1.83. The summed E-state index contributed by atoms with van der Waals surface area (Å²) in [7, 11) is -3.99. The van der Waals surface area contributed by atoms with Crippen LogP contribution in [0.4, 0.5) is 9.59 Å². The predicted molar refractivity (Wildman–Crippen MR) is 203 cm³/mol. The molecule has 0 spiro atoms. The Morgan fingerprint density at radius 2 is 1.74 bits per heavy atom. The highest BCUT2D eigenvalue weighted by molar-refractivity contribution is 7.91. The summed E-state index contributed by atoms with van der Waals surface area (Å²) in [6.45, 7) is 14.3. The third-order valence-corrected chi connectivity index (χ3v) is 14.1. The molecule has 7 atom stereocenters. The molecule has 4 amide bonds. The fourth-order valence-corrected chi connectivity index (χ4v) is 9.84. The number of sulfonamides is 1. The summed E-state index contributed by atoms with van der Waals surface area (Å²) in [5.41, 5.74) is -4.34. The van der Waals surface area contributed by atoms with Crippen LogP contribution >= 0.6 is 11.6 Å². The first-order chi connectivity index (χ1) is 24.9. The quantitative estimate of drug-likeness (QED) is 0.268. The van der Waals surface area contributed by atoms with Gasteiger partial charge in [0.15, 0.2) is 5.78 Å². The van der Waals surface area contributed by atoms with Crippen molar-refractivity contribution < 1.29 is 42.2 Å². The van der Waals surface area contributed by atoms with Crippen molar-refractivity contribution in [2.24, 2.45) is 17.8 Å². The van der Waals surface area contributed by atoms with Crippen molar-refractivity contribution in [2.75, 3.05) is 13.1 Å².